The van der Waals surface area contributed by atoms with E-state index < -0.39 is 11.0 Å². The highest BCUT2D eigenvalue weighted by Gasteiger charge is 2.23. The zero-order valence-electron chi connectivity index (χ0n) is 9.61. The van der Waals surface area contributed by atoms with E-state index in [4.69, 9.17) is 0 Å². The van der Waals surface area contributed by atoms with Gasteiger partial charge in [-0.2, -0.15) is 0 Å². The molecule has 0 spiro atoms. The van der Waals surface area contributed by atoms with E-state index >= 15 is 0 Å². The second-order valence-electron chi connectivity index (χ2n) is 4.37. The van der Waals surface area contributed by atoms with Crippen molar-refractivity contribution in [3.05, 3.63) is 16.6 Å². The molecular formula is C10H18N2OS2. The molecular weight excluding hydrogens is 228 g/mol. The molecule has 1 heterocycles. The predicted octanol–water partition coefficient (Wildman–Crippen LogP) is 2.65. The zero-order chi connectivity index (χ0) is 11.5. The van der Waals surface area contributed by atoms with Crippen molar-refractivity contribution in [2.45, 2.75) is 44.9 Å². The van der Waals surface area contributed by atoms with Crippen LogP contribution in [0, 0.1) is 0 Å². The van der Waals surface area contributed by atoms with Gasteiger partial charge in [0, 0.05) is 5.38 Å². The summed E-state index contributed by atoms with van der Waals surface area (Å²) in [5.74, 6) is 0. The number of hydrogen-bond acceptors (Lipinski definition) is 3. The van der Waals surface area contributed by atoms with Crippen molar-refractivity contribution in [3.8, 4) is 0 Å². The standard InChI is InChI=1S/C10H18N2OS2/c1-5-8(9-6-14-7-11-9)12-15(13)10(2,3)4/h6-8,12H,5H2,1-4H3/t8-,15-/m0/s1. The van der Waals surface area contributed by atoms with E-state index in [1.54, 1.807) is 16.8 Å². The molecule has 0 radical (unpaired) electrons. The molecule has 0 aliphatic heterocycles. The van der Waals surface area contributed by atoms with E-state index in [1.165, 1.54) is 0 Å². The molecule has 15 heavy (non-hydrogen) atoms. The fourth-order valence-electron chi connectivity index (χ4n) is 1.05. The highest BCUT2D eigenvalue weighted by molar-refractivity contribution is 7.84. The predicted molar refractivity (Wildman–Crippen MR) is 66.2 cm³/mol. The molecule has 1 N–H and O–H groups in total. The highest BCUT2D eigenvalue weighted by Crippen LogP contribution is 2.19. The van der Waals surface area contributed by atoms with Crippen LogP contribution in [-0.2, 0) is 11.0 Å². The van der Waals surface area contributed by atoms with Crippen LogP contribution in [0.3, 0.4) is 0 Å². The van der Waals surface area contributed by atoms with Gasteiger partial charge in [0.1, 0.15) is 0 Å². The summed E-state index contributed by atoms with van der Waals surface area (Å²) in [7, 11) is -1.04. The van der Waals surface area contributed by atoms with Crippen LogP contribution in [0.1, 0.15) is 45.9 Å². The van der Waals surface area contributed by atoms with Gasteiger partial charge >= 0.3 is 0 Å². The largest absolute Gasteiger partial charge is 0.248 e. The first-order chi connectivity index (χ1) is 6.95. The zero-order valence-corrected chi connectivity index (χ0v) is 11.2. The summed E-state index contributed by atoms with van der Waals surface area (Å²) >= 11 is 1.57. The van der Waals surface area contributed by atoms with E-state index in [1.807, 2.05) is 26.2 Å². The SMILES string of the molecule is CC[C@H](N[S@@](=O)C(C)(C)C)c1cscn1. The molecule has 0 aliphatic rings. The Kier molecular flexibility index (Phi) is 4.43. The van der Waals surface area contributed by atoms with Gasteiger partial charge in [-0.3, -0.25) is 0 Å². The average molecular weight is 246 g/mol. The Bertz CT molecular complexity index is 317. The summed E-state index contributed by atoms with van der Waals surface area (Å²) in [6.07, 6.45) is 0.894. The molecule has 0 unspecified atom stereocenters. The Morgan fingerprint density at radius 1 is 1.60 bits per heavy atom. The van der Waals surface area contributed by atoms with Gasteiger partial charge in [0.25, 0.3) is 0 Å². The van der Waals surface area contributed by atoms with Crippen molar-refractivity contribution in [1.82, 2.24) is 9.71 Å². The molecule has 86 valence electrons. The van der Waals surface area contributed by atoms with Crippen LogP contribution in [-0.4, -0.2) is 13.9 Å². The first-order valence-electron chi connectivity index (χ1n) is 5.01. The van der Waals surface area contributed by atoms with Crippen molar-refractivity contribution in [3.63, 3.8) is 0 Å². The van der Waals surface area contributed by atoms with Gasteiger partial charge < -0.3 is 0 Å². The molecule has 0 aromatic carbocycles. The van der Waals surface area contributed by atoms with Crippen molar-refractivity contribution in [2.75, 3.05) is 0 Å². The lowest BCUT2D eigenvalue weighted by Crippen LogP contribution is -2.35. The fourth-order valence-corrected chi connectivity index (χ4v) is 2.56. The molecule has 0 fully saturated rings. The third-order valence-electron chi connectivity index (χ3n) is 2.02. The number of nitrogens with one attached hydrogen (secondary N) is 1. The molecule has 2 atom stereocenters. The maximum Gasteiger partial charge on any atom is 0.0976 e. The van der Waals surface area contributed by atoms with Gasteiger partial charge in [-0.25, -0.2) is 13.9 Å². The van der Waals surface area contributed by atoms with Gasteiger partial charge in [-0.05, 0) is 27.2 Å². The first-order valence-corrected chi connectivity index (χ1v) is 7.10. The van der Waals surface area contributed by atoms with Crippen LogP contribution in [0.15, 0.2) is 10.9 Å². The second kappa shape index (κ2) is 5.18. The number of aromatic nitrogens is 1. The van der Waals surface area contributed by atoms with E-state index in [9.17, 15) is 4.21 Å². The highest BCUT2D eigenvalue weighted by atomic mass is 32.2. The Morgan fingerprint density at radius 3 is 2.67 bits per heavy atom. The van der Waals surface area contributed by atoms with Crippen LogP contribution in [0.2, 0.25) is 0 Å². The molecule has 0 saturated carbocycles. The Hall–Kier alpha value is -0.260. The summed E-state index contributed by atoms with van der Waals surface area (Å²) in [4.78, 5) is 4.24. The van der Waals surface area contributed by atoms with Gasteiger partial charge in [0.15, 0.2) is 0 Å². The third-order valence-corrected chi connectivity index (χ3v) is 4.24. The summed E-state index contributed by atoms with van der Waals surface area (Å²) in [6, 6.07) is 0.0938. The van der Waals surface area contributed by atoms with E-state index in [0.717, 1.165) is 12.1 Å². The van der Waals surface area contributed by atoms with Crippen LogP contribution in [0.5, 0.6) is 0 Å². The molecule has 1 aromatic heterocycles. The Morgan fingerprint density at radius 2 is 2.27 bits per heavy atom. The lowest BCUT2D eigenvalue weighted by atomic mass is 10.2. The van der Waals surface area contributed by atoms with Crippen molar-refractivity contribution < 1.29 is 4.21 Å². The van der Waals surface area contributed by atoms with E-state index in [0.29, 0.717) is 0 Å². The van der Waals surface area contributed by atoms with E-state index in [2.05, 4.69) is 16.6 Å². The molecule has 0 amide bonds. The molecule has 0 aliphatic carbocycles. The van der Waals surface area contributed by atoms with E-state index in [-0.39, 0.29) is 10.8 Å². The normalized spacial score (nSPS) is 16.3. The topological polar surface area (TPSA) is 42.0 Å². The van der Waals surface area contributed by atoms with Crippen LogP contribution >= 0.6 is 11.3 Å². The van der Waals surface area contributed by atoms with Gasteiger partial charge in [-0.15, -0.1) is 11.3 Å². The van der Waals surface area contributed by atoms with Crippen molar-refractivity contribution in [1.29, 1.82) is 0 Å². The van der Waals surface area contributed by atoms with Gasteiger partial charge in [-0.1, -0.05) is 6.92 Å². The number of thiazole rings is 1. The van der Waals surface area contributed by atoms with Crippen molar-refractivity contribution >= 4 is 22.3 Å². The average Bonchev–Trinajstić information content (AvgIpc) is 2.64. The summed E-state index contributed by atoms with van der Waals surface area (Å²) < 4.78 is 14.8. The molecule has 0 bridgehead atoms. The third kappa shape index (κ3) is 3.66. The number of hydrogen-bond donors (Lipinski definition) is 1. The summed E-state index contributed by atoms with van der Waals surface area (Å²) in [6.45, 7) is 7.95. The smallest absolute Gasteiger partial charge is 0.0976 e. The number of nitrogens with zero attached hydrogens (tertiary/aromatic N) is 1. The number of rotatable bonds is 4. The minimum atomic E-state index is -1.04. The van der Waals surface area contributed by atoms with Crippen LogP contribution in [0.25, 0.3) is 0 Å². The first kappa shape index (κ1) is 12.8. The Balaban J connectivity index is 2.67. The molecule has 1 aromatic rings. The minimum Gasteiger partial charge on any atom is -0.248 e. The molecule has 1 rings (SSSR count). The summed E-state index contributed by atoms with van der Waals surface area (Å²) in [5.41, 5.74) is 2.79. The molecule has 0 saturated heterocycles. The quantitative estimate of drug-likeness (QED) is 0.887. The minimum absolute atomic E-state index is 0.0938. The lowest BCUT2D eigenvalue weighted by molar-refractivity contribution is 0.582. The van der Waals surface area contributed by atoms with Crippen molar-refractivity contribution in [2.24, 2.45) is 0 Å². The van der Waals surface area contributed by atoms with Gasteiger partial charge in [0.05, 0.1) is 33.0 Å². The van der Waals surface area contributed by atoms with Gasteiger partial charge in [0.2, 0.25) is 0 Å². The molecule has 3 nitrogen and oxygen atoms in total. The maximum absolute atomic E-state index is 11.9. The monoisotopic (exact) mass is 246 g/mol. The van der Waals surface area contributed by atoms with Crippen LogP contribution in [0.4, 0.5) is 0 Å². The molecule has 5 heteroatoms. The fraction of sp³-hybridized carbons (Fsp3) is 0.700. The second-order valence-corrected chi connectivity index (χ2v) is 7.09. The van der Waals surface area contributed by atoms with Crippen LogP contribution < -0.4 is 4.72 Å². The maximum atomic E-state index is 11.9. The lowest BCUT2D eigenvalue weighted by Gasteiger charge is -2.22. The summed E-state index contributed by atoms with van der Waals surface area (Å²) in [5, 5.41) is 2.00. The Labute approximate surface area is 97.9 Å².